The molecule has 0 atom stereocenters. The minimum Gasteiger partial charge on any atom is -0.384 e. The highest BCUT2D eigenvalue weighted by Gasteiger charge is 2.36. The molecule has 0 radical (unpaired) electrons. The van der Waals surface area contributed by atoms with E-state index < -0.39 is 0 Å². The molecule has 2 fully saturated rings. The fourth-order valence-electron chi connectivity index (χ4n) is 3.97. The Bertz CT molecular complexity index is 456. The lowest BCUT2D eigenvalue weighted by Crippen LogP contribution is -2.36. The molecule has 0 saturated carbocycles. The van der Waals surface area contributed by atoms with Gasteiger partial charge in [-0.1, -0.05) is 29.4 Å². The maximum atomic E-state index is 5.57. The summed E-state index contributed by atoms with van der Waals surface area (Å²) in [5.41, 5.74) is 4.90. The fraction of sp³-hybridized carbons (Fsp3) is 0.684. The van der Waals surface area contributed by atoms with Gasteiger partial charge in [-0.05, 0) is 57.2 Å². The molecular formula is C19H29NO2. The van der Waals surface area contributed by atoms with E-state index in [1.807, 2.05) is 7.11 Å². The number of methoxy groups -OCH3 is 1. The Balaban J connectivity index is 1.72. The number of rotatable bonds is 4. The molecule has 0 amide bonds. The Hall–Kier alpha value is -0.900. The summed E-state index contributed by atoms with van der Waals surface area (Å²) in [6.45, 7) is 4.84. The van der Waals surface area contributed by atoms with Crippen molar-refractivity contribution in [1.29, 1.82) is 0 Å². The first-order valence-corrected chi connectivity index (χ1v) is 8.69. The van der Waals surface area contributed by atoms with Crippen molar-refractivity contribution in [3.05, 3.63) is 34.9 Å². The maximum Gasteiger partial charge on any atom is 0.0557 e. The van der Waals surface area contributed by atoms with Gasteiger partial charge in [-0.25, -0.2) is 0 Å². The molecule has 3 rings (SSSR count). The van der Waals surface area contributed by atoms with Crippen LogP contribution in [0.1, 0.15) is 38.5 Å². The van der Waals surface area contributed by atoms with Crippen molar-refractivity contribution in [2.45, 2.75) is 38.5 Å². The van der Waals surface area contributed by atoms with Crippen LogP contribution in [0, 0.1) is 5.41 Å². The molecule has 3 aliphatic rings. The van der Waals surface area contributed by atoms with Gasteiger partial charge in [0.15, 0.2) is 0 Å². The molecule has 3 nitrogen and oxygen atoms in total. The first-order valence-electron chi connectivity index (χ1n) is 8.69. The summed E-state index contributed by atoms with van der Waals surface area (Å²) in [5.74, 6) is 0. The van der Waals surface area contributed by atoms with Crippen molar-refractivity contribution in [1.82, 2.24) is 5.32 Å². The van der Waals surface area contributed by atoms with E-state index in [4.69, 9.17) is 9.47 Å². The maximum absolute atomic E-state index is 5.57. The monoisotopic (exact) mass is 303 g/mol. The molecule has 22 heavy (non-hydrogen) atoms. The molecule has 0 aromatic carbocycles. The van der Waals surface area contributed by atoms with E-state index in [2.05, 4.69) is 23.5 Å². The first-order chi connectivity index (χ1) is 10.8. The quantitative estimate of drug-likeness (QED) is 0.863. The second kappa shape index (κ2) is 7.58. The normalized spacial score (nSPS) is 25.4. The predicted molar refractivity (Wildman–Crippen MR) is 89.9 cm³/mol. The predicted octanol–water partition coefficient (Wildman–Crippen LogP) is 3.39. The molecule has 1 aliphatic carbocycles. The molecule has 0 bridgehead atoms. The molecule has 0 aromatic heterocycles. The molecule has 3 heteroatoms. The highest BCUT2D eigenvalue weighted by atomic mass is 16.5. The largest absolute Gasteiger partial charge is 0.384 e. The summed E-state index contributed by atoms with van der Waals surface area (Å²) in [5, 5.41) is 3.42. The minimum absolute atomic E-state index is 0.219. The first kappa shape index (κ1) is 16.0. The molecule has 122 valence electrons. The number of ether oxygens (including phenoxy) is 2. The van der Waals surface area contributed by atoms with Crippen LogP contribution >= 0.6 is 0 Å². The highest BCUT2D eigenvalue weighted by molar-refractivity contribution is 5.36. The molecule has 0 aromatic rings. The number of piperidine rings is 1. The Kier molecular flexibility index (Phi) is 5.51. The zero-order valence-electron chi connectivity index (χ0n) is 13.8. The second-order valence-electron chi connectivity index (χ2n) is 6.81. The zero-order chi connectivity index (χ0) is 15.3. The Morgan fingerprint density at radius 1 is 1.14 bits per heavy atom. The number of nitrogens with one attached hydrogen (secondary N) is 1. The van der Waals surface area contributed by atoms with E-state index in [0.717, 1.165) is 45.8 Å². The second-order valence-corrected chi connectivity index (χ2v) is 6.81. The van der Waals surface area contributed by atoms with Gasteiger partial charge in [0.05, 0.1) is 6.61 Å². The van der Waals surface area contributed by atoms with Crippen molar-refractivity contribution in [2.24, 2.45) is 5.41 Å². The lowest BCUT2D eigenvalue weighted by Gasteiger charge is -2.40. The van der Waals surface area contributed by atoms with E-state index in [0.29, 0.717) is 0 Å². The summed E-state index contributed by atoms with van der Waals surface area (Å²) < 4.78 is 11.1. The SMILES string of the molecule is COCC1(C2=CC=C(C=C3CCNCC3)CC2)CCOCC1. The Labute approximate surface area is 134 Å². The van der Waals surface area contributed by atoms with Gasteiger partial charge in [0.25, 0.3) is 0 Å². The third kappa shape index (κ3) is 3.70. The summed E-state index contributed by atoms with van der Waals surface area (Å²) in [7, 11) is 1.82. The number of hydrogen-bond donors (Lipinski definition) is 1. The van der Waals surface area contributed by atoms with Gasteiger partial charge in [-0.3, -0.25) is 0 Å². The Morgan fingerprint density at radius 2 is 1.91 bits per heavy atom. The van der Waals surface area contributed by atoms with Crippen molar-refractivity contribution < 1.29 is 9.47 Å². The minimum atomic E-state index is 0.219. The van der Waals surface area contributed by atoms with Crippen LogP contribution in [0.4, 0.5) is 0 Å². The van der Waals surface area contributed by atoms with Crippen molar-refractivity contribution in [3.63, 3.8) is 0 Å². The van der Waals surface area contributed by atoms with Crippen LogP contribution in [0.15, 0.2) is 34.9 Å². The standard InChI is InChI=1S/C19H29NO2/c1-21-15-19(8-12-22-13-9-19)18-4-2-16(3-5-18)14-17-6-10-20-11-7-17/h2,4,14,20H,3,5-13,15H2,1H3. The smallest absolute Gasteiger partial charge is 0.0557 e. The van der Waals surface area contributed by atoms with Gasteiger partial charge < -0.3 is 14.8 Å². The summed E-state index contributed by atoms with van der Waals surface area (Å²) in [4.78, 5) is 0. The van der Waals surface area contributed by atoms with E-state index in [1.54, 1.807) is 11.1 Å². The molecular weight excluding hydrogens is 274 g/mol. The third-order valence-electron chi connectivity index (χ3n) is 5.37. The lowest BCUT2D eigenvalue weighted by molar-refractivity contribution is -0.00950. The van der Waals surface area contributed by atoms with Gasteiger partial charge in [0.1, 0.15) is 0 Å². The van der Waals surface area contributed by atoms with Crippen LogP contribution in [0.5, 0.6) is 0 Å². The summed E-state index contributed by atoms with van der Waals surface area (Å²) >= 11 is 0. The Morgan fingerprint density at radius 3 is 2.55 bits per heavy atom. The summed E-state index contributed by atoms with van der Waals surface area (Å²) in [6.07, 6.45) is 14.1. The van der Waals surface area contributed by atoms with Gasteiger partial charge in [0.2, 0.25) is 0 Å². The van der Waals surface area contributed by atoms with Crippen molar-refractivity contribution >= 4 is 0 Å². The van der Waals surface area contributed by atoms with Crippen LogP contribution in [0.25, 0.3) is 0 Å². The van der Waals surface area contributed by atoms with E-state index >= 15 is 0 Å². The molecule has 1 N–H and O–H groups in total. The highest BCUT2D eigenvalue weighted by Crippen LogP contribution is 2.42. The zero-order valence-corrected chi connectivity index (χ0v) is 13.8. The lowest BCUT2D eigenvalue weighted by atomic mass is 9.71. The van der Waals surface area contributed by atoms with Crippen LogP contribution in [-0.4, -0.2) is 40.0 Å². The fourth-order valence-corrected chi connectivity index (χ4v) is 3.97. The van der Waals surface area contributed by atoms with Gasteiger partial charge in [-0.15, -0.1) is 0 Å². The van der Waals surface area contributed by atoms with Gasteiger partial charge in [-0.2, -0.15) is 0 Å². The van der Waals surface area contributed by atoms with Crippen LogP contribution in [0.3, 0.4) is 0 Å². The van der Waals surface area contributed by atoms with Crippen molar-refractivity contribution in [3.8, 4) is 0 Å². The summed E-state index contributed by atoms with van der Waals surface area (Å²) in [6, 6.07) is 0. The van der Waals surface area contributed by atoms with Crippen LogP contribution in [0.2, 0.25) is 0 Å². The van der Waals surface area contributed by atoms with Gasteiger partial charge >= 0.3 is 0 Å². The van der Waals surface area contributed by atoms with Crippen LogP contribution < -0.4 is 5.32 Å². The molecule has 2 saturated heterocycles. The van der Waals surface area contributed by atoms with E-state index in [-0.39, 0.29) is 5.41 Å². The average molecular weight is 303 g/mol. The van der Waals surface area contributed by atoms with Gasteiger partial charge in [0, 0.05) is 25.7 Å². The van der Waals surface area contributed by atoms with Crippen LogP contribution in [-0.2, 0) is 9.47 Å². The molecule has 2 heterocycles. The number of hydrogen-bond acceptors (Lipinski definition) is 3. The topological polar surface area (TPSA) is 30.5 Å². The van der Waals surface area contributed by atoms with E-state index in [1.165, 1.54) is 31.3 Å². The molecule has 0 spiro atoms. The average Bonchev–Trinajstić information content (AvgIpc) is 2.57. The van der Waals surface area contributed by atoms with E-state index in [9.17, 15) is 0 Å². The number of allylic oxidation sites excluding steroid dienone is 4. The van der Waals surface area contributed by atoms with Crippen molar-refractivity contribution in [2.75, 3.05) is 40.0 Å². The third-order valence-corrected chi connectivity index (χ3v) is 5.37. The molecule has 0 unspecified atom stereocenters. The molecule has 2 aliphatic heterocycles.